The summed E-state index contributed by atoms with van der Waals surface area (Å²) in [6.45, 7) is 14.8. The van der Waals surface area contributed by atoms with Crippen molar-refractivity contribution in [1.82, 2.24) is 4.90 Å². The van der Waals surface area contributed by atoms with Crippen LogP contribution in [0, 0.1) is 0 Å². The summed E-state index contributed by atoms with van der Waals surface area (Å²) < 4.78 is 0. The van der Waals surface area contributed by atoms with E-state index < -0.39 is 5.97 Å². The Bertz CT molecular complexity index is 160. The molecule has 0 atom stereocenters. The first-order valence-electron chi connectivity index (χ1n) is 4.33. The van der Waals surface area contributed by atoms with Crippen LogP contribution in [0.1, 0.15) is 6.92 Å². The molecule has 0 aliphatic rings. The average molecular weight is 197 g/mol. The molecule has 0 aromatic rings. The van der Waals surface area contributed by atoms with Crippen LogP contribution in [0.5, 0.6) is 0 Å². The molecule has 0 aliphatic heterocycles. The third-order valence-corrected chi connectivity index (χ3v) is 1.16. The second-order valence-corrected chi connectivity index (χ2v) is 2.60. The van der Waals surface area contributed by atoms with Gasteiger partial charge in [-0.1, -0.05) is 18.2 Å². The molecular formula is C11H19NO2. The second-order valence-electron chi connectivity index (χ2n) is 2.60. The SMILES string of the molecule is C=CCN(CC=C)CC=C.CC(=O)O. The van der Waals surface area contributed by atoms with Gasteiger partial charge in [0.1, 0.15) is 0 Å². The summed E-state index contributed by atoms with van der Waals surface area (Å²) >= 11 is 0. The van der Waals surface area contributed by atoms with E-state index >= 15 is 0 Å². The van der Waals surface area contributed by atoms with Crippen LogP contribution in [-0.4, -0.2) is 35.6 Å². The maximum Gasteiger partial charge on any atom is 0.300 e. The van der Waals surface area contributed by atoms with Gasteiger partial charge in [-0.2, -0.15) is 0 Å². The summed E-state index contributed by atoms with van der Waals surface area (Å²) in [4.78, 5) is 11.2. The molecule has 0 saturated heterocycles. The van der Waals surface area contributed by atoms with Gasteiger partial charge in [0.15, 0.2) is 0 Å². The van der Waals surface area contributed by atoms with E-state index in [0.29, 0.717) is 0 Å². The van der Waals surface area contributed by atoms with E-state index in [-0.39, 0.29) is 0 Å². The van der Waals surface area contributed by atoms with Crippen LogP contribution < -0.4 is 0 Å². The van der Waals surface area contributed by atoms with E-state index in [9.17, 15) is 0 Å². The van der Waals surface area contributed by atoms with Gasteiger partial charge < -0.3 is 5.11 Å². The quantitative estimate of drug-likeness (QED) is 0.661. The zero-order valence-corrected chi connectivity index (χ0v) is 8.78. The lowest BCUT2D eigenvalue weighted by Crippen LogP contribution is -2.23. The van der Waals surface area contributed by atoms with Gasteiger partial charge in [0.05, 0.1) is 0 Å². The number of carboxylic acid groups (broad SMARTS) is 1. The number of nitrogens with zero attached hydrogens (tertiary/aromatic N) is 1. The van der Waals surface area contributed by atoms with Crippen molar-refractivity contribution in [2.24, 2.45) is 0 Å². The third-order valence-electron chi connectivity index (χ3n) is 1.16. The van der Waals surface area contributed by atoms with E-state index in [2.05, 4.69) is 24.6 Å². The fourth-order valence-corrected chi connectivity index (χ4v) is 0.771. The number of aliphatic carboxylic acids is 1. The minimum absolute atomic E-state index is 0.833. The molecular weight excluding hydrogens is 178 g/mol. The molecule has 0 aliphatic carbocycles. The molecule has 1 N–H and O–H groups in total. The van der Waals surface area contributed by atoms with Crippen molar-refractivity contribution in [1.29, 1.82) is 0 Å². The van der Waals surface area contributed by atoms with Gasteiger partial charge in [0.2, 0.25) is 0 Å². The maximum atomic E-state index is 9.00. The Labute approximate surface area is 86.0 Å². The van der Waals surface area contributed by atoms with Crippen molar-refractivity contribution < 1.29 is 9.90 Å². The molecule has 3 nitrogen and oxygen atoms in total. The monoisotopic (exact) mass is 197 g/mol. The average Bonchev–Trinajstić information content (AvgIpc) is 2.04. The van der Waals surface area contributed by atoms with Crippen LogP contribution in [0.4, 0.5) is 0 Å². The molecule has 0 aromatic carbocycles. The Morgan fingerprint density at radius 3 is 1.50 bits per heavy atom. The lowest BCUT2D eigenvalue weighted by molar-refractivity contribution is -0.134. The number of hydrogen-bond donors (Lipinski definition) is 1. The van der Waals surface area contributed by atoms with Crippen molar-refractivity contribution in [3.63, 3.8) is 0 Å². The van der Waals surface area contributed by atoms with E-state index in [1.165, 1.54) is 0 Å². The Morgan fingerprint density at radius 2 is 1.36 bits per heavy atom. The summed E-state index contributed by atoms with van der Waals surface area (Å²) in [6, 6.07) is 0. The molecule has 3 heteroatoms. The highest BCUT2D eigenvalue weighted by atomic mass is 16.4. The Kier molecular flexibility index (Phi) is 12.6. The van der Waals surface area contributed by atoms with E-state index in [1.54, 1.807) is 0 Å². The van der Waals surface area contributed by atoms with Gasteiger partial charge in [-0.05, 0) is 0 Å². The van der Waals surface area contributed by atoms with Crippen molar-refractivity contribution >= 4 is 5.97 Å². The van der Waals surface area contributed by atoms with Crippen LogP contribution in [0.3, 0.4) is 0 Å². The minimum Gasteiger partial charge on any atom is -0.481 e. The first-order valence-corrected chi connectivity index (χ1v) is 4.33. The second kappa shape index (κ2) is 11.6. The highest BCUT2D eigenvalue weighted by molar-refractivity contribution is 5.62. The molecule has 0 spiro atoms. The lowest BCUT2D eigenvalue weighted by atomic mass is 10.4. The highest BCUT2D eigenvalue weighted by Crippen LogP contribution is 1.88. The van der Waals surface area contributed by atoms with Crippen LogP contribution in [0.25, 0.3) is 0 Å². The maximum absolute atomic E-state index is 9.00. The summed E-state index contributed by atoms with van der Waals surface area (Å²) in [5, 5.41) is 7.42. The summed E-state index contributed by atoms with van der Waals surface area (Å²) in [6.07, 6.45) is 5.65. The van der Waals surface area contributed by atoms with Crippen molar-refractivity contribution in [2.75, 3.05) is 19.6 Å². The number of rotatable bonds is 6. The molecule has 0 rings (SSSR count). The van der Waals surface area contributed by atoms with E-state index in [1.807, 2.05) is 18.2 Å². The normalized spacial score (nSPS) is 8.43. The summed E-state index contributed by atoms with van der Waals surface area (Å²) in [5.74, 6) is -0.833. The molecule has 0 heterocycles. The Morgan fingerprint density at radius 1 is 1.14 bits per heavy atom. The first-order chi connectivity index (χ1) is 6.58. The van der Waals surface area contributed by atoms with Gasteiger partial charge >= 0.3 is 0 Å². The van der Waals surface area contributed by atoms with Crippen molar-refractivity contribution in [3.05, 3.63) is 38.0 Å². The Balaban J connectivity index is 0. The lowest BCUT2D eigenvalue weighted by Gasteiger charge is -2.15. The molecule has 0 amide bonds. The minimum atomic E-state index is -0.833. The number of carboxylic acids is 1. The van der Waals surface area contributed by atoms with Crippen LogP contribution in [0.15, 0.2) is 38.0 Å². The van der Waals surface area contributed by atoms with Crippen LogP contribution in [-0.2, 0) is 4.79 Å². The largest absolute Gasteiger partial charge is 0.481 e. The fourth-order valence-electron chi connectivity index (χ4n) is 0.771. The topological polar surface area (TPSA) is 40.5 Å². The molecule has 80 valence electrons. The van der Waals surface area contributed by atoms with Gasteiger partial charge in [-0.15, -0.1) is 19.7 Å². The van der Waals surface area contributed by atoms with Gasteiger partial charge in [-0.25, -0.2) is 0 Å². The van der Waals surface area contributed by atoms with Crippen molar-refractivity contribution in [3.8, 4) is 0 Å². The van der Waals surface area contributed by atoms with Crippen LogP contribution >= 0.6 is 0 Å². The Hall–Kier alpha value is -1.35. The molecule has 0 bridgehead atoms. The molecule has 0 fully saturated rings. The summed E-state index contributed by atoms with van der Waals surface area (Å²) in [7, 11) is 0. The third kappa shape index (κ3) is 16.9. The predicted molar refractivity (Wildman–Crippen MR) is 60.3 cm³/mol. The van der Waals surface area contributed by atoms with Crippen molar-refractivity contribution in [2.45, 2.75) is 6.92 Å². The summed E-state index contributed by atoms with van der Waals surface area (Å²) in [5.41, 5.74) is 0. The molecule has 0 radical (unpaired) electrons. The van der Waals surface area contributed by atoms with Crippen LogP contribution in [0.2, 0.25) is 0 Å². The zero-order valence-electron chi connectivity index (χ0n) is 8.78. The number of hydrogen-bond acceptors (Lipinski definition) is 2. The molecule has 0 unspecified atom stereocenters. The standard InChI is InChI=1S/C9H15N.C2H4O2/c1-4-7-10(8-5-2)9-6-3;1-2(3)4/h4-6H,1-3,7-9H2;1H3,(H,3,4). The van der Waals surface area contributed by atoms with Gasteiger partial charge in [-0.3, -0.25) is 9.69 Å². The molecule has 0 saturated carbocycles. The first kappa shape index (κ1) is 15.1. The smallest absolute Gasteiger partial charge is 0.300 e. The van der Waals surface area contributed by atoms with Gasteiger partial charge in [0, 0.05) is 26.6 Å². The van der Waals surface area contributed by atoms with E-state index in [4.69, 9.17) is 9.90 Å². The molecule has 14 heavy (non-hydrogen) atoms. The van der Waals surface area contributed by atoms with E-state index in [0.717, 1.165) is 26.6 Å². The highest BCUT2D eigenvalue weighted by Gasteiger charge is 1.94. The molecule has 0 aromatic heterocycles. The predicted octanol–water partition coefficient (Wildman–Crippen LogP) is 1.94. The van der Waals surface area contributed by atoms with Gasteiger partial charge in [0.25, 0.3) is 5.97 Å². The zero-order chi connectivity index (χ0) is 11.4. The fraction of sp³-hybridized carbons (Fsp3) is 0.364. The number of carbonyl (C=O) groups is 1.